The Morgan fingerprint density at radius 3 is 2.69 bits per heavy atom. The van der Waals surface area contributed by atoms with Gasteiger partial charge in [-0.25, -0.2) is 14.8 Å². The summed E-state index contributed by atoms with van der Waals surface area (Å²) in [6.45, 7) is 6.95. The lowest BCUT2D eigenvalue weighted by molar-refractivity contribution is -0.0371. The molecule has 2 fully saturated rings. The highest BCUT2D eigenvalue weighted by Gasteiger charge is 2.29. The molecule has 13 nitrogen and oxygen atoms in total. The molecular formula is C23H29N9O4. The molecule has 1 atom stereocenters. The predicted molar refractivity (Wildman–Crippen MR) is 129 cm³/mol. The van der Waals surface area contributed by atoms with Crippen molar-refractivity contribution in [2.24, 2.45) is 0 Å². The Morgan fingerprint density at radius 1 is 1.22 bits per heavy atom. The number of nitriles is 1. The second-order valence-electron chi connectivity index (χ2n) is 9.56. The van der Waals surface area contributed by atoms with Gasteiger partial charge in [-0.2, -0.15) is 5.26 Å². The van der Waals surface area contributed by atoms with Gasteiger partial charge in [0.05, 0.1) is 37.3 Å². The van der Waals surface area contributed by atoms with E-state index in [2.05, 4.69) is 36.1 Å². The fourth-order valence-corrected chi connectivity index (χ4v) is 3.38. The van der Waals surface area contributed by atoms with Crippen LogP contribution in [-0.4, -0.2) is 81.1 Å². The van der Waals surface area contributed by atoms with E-state index < -0.39 is 5.60 Å². The van der Waals surface area contributed by atoms with Crippen LogP contribution in [0.5, 0.6) is 0 Å². The van der Waals surface area contributed by atoms with Crippen LogP contribution in [0.3, 0.4) is 0 Å². The van der Waals surface area contributed by atoms with Crippen molar-refractivity contribution < 1.29 is 19.1 Å². The Morgan fingerprint density at radius 2 is 2.03 bits per heavy atom. The van der Waals surface area contributed by atoms with Crippen molar-refractivity contribution in [3.8, 4) is 6.07 Å². The van der Waals surface area contributed by atoms with Crippen LogP contribution in [0.25, 0.3) is 0 Å². The Kier molecular flexibility index (Phi) is 7.44. The summed E-state index contributed by atoms with van der Waals surface area (Å²) in [6.07, 6.45) is 3.91. The topological polar surface area (TPSA) is 167 Å². The summed E-state index contributed by atoms with van der Waals surface area (Å²) < 4.78 is 11.3. The number of ether oxygens (including phenoxy) is 2. The zero-order valence-electron chi connectivity index (χ0n) is 20.4. The Balaban J connectivity index is 1.45. The molecule has 1 unspecified atom stereocenters. The predicted octanol–water partition coefficient (Wildman–Crippen LogP) is 1.82. The van der Waals surface area contributed by atoms with Gasteiger partial charge in [0.25, 0.3) is 5.91 Å². The zero-order chi connectivity index (χ0) is 25.7. The van der Waals surface area contributed by atoms with E-state index in [1.54, 1.807) is 11.0 Å². The van der Waals surface area contributed by atoms with E-state index in [1.807, 2.05) is 26.8 Å². The lowest BCUT2D eigenvalue weighted by atomic mass is 10.2. The molecule has 1 saturated carbocycles. The molecule has 36 heavy (non-hydrogen) atoms. The van der Waals surface area contributed by atoms with Crippen LogP contribution < -0.4 is 16.0 Å². The molecule has 2 aromatic heterocycles. The molecule has 2 aliphatic rings. The quantitative estimate of drug-likeness (QED) is 0.512. The smallest absolute Gasteiger partial charge is 0.410 e. The van der Waals surface area contributed by atoms with Gasteiger partial charge in [-0.05, 0) is 33.6 Å². The third kappa shape index (κ3) is 6.98. The number of nitrogens with zero attached hydrogens (tertiary/aromatic N) is 6. The minimum Gasteiger partial charge on any atom is -0.444 e. The highest BCUT2D eigenvalue weighted by atomic mass is 16.6. The highest BCUT2D eigenvalue weighted by Crippen LogP contribution is 2.23. The minimum absolute atomic E-state index is 0.151. The van der Waals surface area contributed by atoms with Crippen LogP contribution in [0.1, 0.15) is 49.8 Å². The van der Waals surface area contributed by atoms with Gasteiger partial charge in [-0.1, -0.05) is 0 Å². The van der Waals surface area contributed by atoms with Crippen molar-refractivity contribution in [1.29, 1.82) is 5.26 Å². The third-order valence-electron chi connectivity index (χ3n) is 5.25. The van der Waals surface area contributed by atoms with Crippen LogP contribution in [0.15, 0.2) is 18.5 Å². The van der Waals surface area contributed by atoms with E-state index in [0.717, 1.165) is 12.8 Å². The summed E-state index contributed by atoms with van der Waals surface area (Å²) >= 11 is 0. The Labute approximate surface area is 208 Å². The molecule has 13 heteroatoms. The molecule has 1 aliphatic carbocycles. The van der Waals surface area contributed by atoms with Crippen LogP contribution >= 0.6 is 0 Å². The zero-order valence-corrected chi connectivity index (χ0v) is 20.4. The molecule has 0 radical (unpaired) electrons. The SMILES string of the molecule is CC(C)(C)OC(=O)N1CCOC(CNc2cc(Nc3cnc(C#N)cn3)nnc2C(=O)NC2CC2)C1. The van der Waals surface area contributed by atoms with E-state index >= 15 is 0 Å². The van der Waals surface area contributed by atoms with E-state index in [0.29, 0.717) is 43.6 Å². The number of rotatable bonds is 7. The average molecular weight is 496 g/mol. The molecule has 0 aromatic carbocycles. The fraction of sp³-hybridized carbons (Fsp3) is 0.522. The van der Waals surface area contributed by atoms with Crippen LogP contribution in [0.2, 0.25) is 0 Å². The number of morpholine rings is 1. The summed E-state index contributed by atoms with van der Waals surface area (Å²) in [5.74, 6) is 0.379. The number of hydrogen-bond acceptors (Lipinski definition) is 11. The first-order chi connectivity index (χ1) is 17.2. The fourth-order valence-electron chi connectivity index (χ4n) is 3.38. The number of hydrogen-bond donors (Lipinski definition) is 3. The maximum absolute atomic E-state index is 12.8. The van der Waals surface area contributed by atoms with Crippen molar-refractivity contribution in [1.82, 2.24) is 30.4 Å². The van der Waals surface area contributed by atoms with E-state index in [-0.39, 0.29) is 35.5 Å². The van der Waals surface area contributed by atoms with E-state index in [1.165, 1.54) is 12.4 Å². The van der Waals surface area contributed by atoms with Gasteiger partial charge in [0.2, 0.25) is 0 Å². The Bertz CT molecular complexity index is 1140. The van der Waals surface area contributed by atoms with Crippen LogP contribution in [-0.2, 0) is 9.47 Å². The lowest BCUT2D eigenvalue weighted by Gasteiger charge is -2.34. The molecule has 3 heterocycles. The molecule has 0 spiro atoms. The van der Waals surface area contributed by atoms with Gasteiger partial charge in [0.15, 0.2) is 17.2 Å². The van der Waals surface area contributed by atoms with Gasteiger partial charge in [0.1, 0.15) is 17.5 Å². The van der Waals surface area contributed by atoms with Gasteiger partial charge < -0.3 is 30.3 Å². The molecule has 190 valence electrons. The van der Waals surface area contributed by atoms with Crippen molar-refractivity contribution in [3.05, 3.63) is 29.8 Å². The maximum Gasteiger partial charge on any atom is 0.410 e. The summed E-state index contributed by atoms with van der Waals surface area (Å²) in [4.78, 5) is 34.9. The highest BCUT2D eigenvalue weighted by molar-refractivity contribution is 5.98. The molecule has 0 bridgehead atoms. The molecular weight excluding hydrogens is 466 g/mol. The maximum atomic E-state index is 12.8. The first-order valence-corrected chi connectivity index (χ1v) is 11.7. The van der Waals surface area contributed by atoms with Gasteiger partial charge in [-0.15, -0.1) is 10.2 Å². The summed E-state index contributed by atoms with van der Waals surface area (Å²) in [5, 5.41) is 26.2. The van der Waals surface area contributed by atoms with Gasteiger partial charge in [0, 0.05) is 25.2 Å². The molecule has 3 N–H and O–H groups in total. The summed E-state index contributed by atoms with van der Waals surface area (Å²) in [5.41, 5.74) is 0.204. The van der Waals surface area contributed by atoms with Crippen molar-refractivity contribution in [2.45, 2.75) is 51.4 Å². The number of amides is 2. The molecule has 2 aromatic rings. The van der Waals surface area contributed by atoms with Gasteiger partial charge in [-0.3, -0.25) is 4.79 Å². The summed E-state index contributed by atoms with van der Waals surface area (Å²) in [6, 6.07) is 3.71. The number of carbonyl (C=O) groups excluding carboxylic acids is 2. The van der Waals surface area contributed by atoms with Crippen LogP contribution in [0, 0.1) is 11.3 Å². The third-order valence-corrected chi connectivity index (χ3v) is 5.25. The van der Waals surface area contributed by atoms with Gasteiger partial charge >= 0.3 is 6.09 Å². The summed E-state index contributed by atoms with van der Waals surface area (Å²) in [7, 11) is 0. The number of carbonyl (C=O) groups is 2. The minimum atomic E-state index is -0.585. The second kappa shape index (κ2) is 10.7. The second-order valence-corrected chi connectivity index (χ2v) is 9.56. The number of anilines is 3. The molecule has 4 rings (SSSR count). The molecule has 1 saturated heterocycles. The normalized spacial score (nSPS) is 17.6. The number of aromatic nitrogens is 4. The first kappa shape index (κ1) is 25.1. The first-order valence-electron chi connectivity index (χ1n) is 11.7. The monoisotopic (exact) mass is 495 g/mol. The number of nitrogens with one attached hydrogen (secondary N) is 3. The van der Waals surface area contributed by atoms with Crippen LogP contribution in [0.4, 0.5) is 22.1 Å². The average Bonchev–Trinajstić information content (AvgIpc) is 3.66. The van der Waals surface area contributed by atoms with E-state index in [9.17, 15) is 9.59 Å². The van der Waals surface area contributed by atoms with Crippen molar-refractivity contribution in [3.63, 3.8) is 0 Å². The van der Waals surface area contributed by atoms with Crippen molar-refractivity contribution >= 4 is 29.3 Å². The molecule has 1 aliphatic heterocycles. The Hall–Kier alpha value is -4.05. The van der Waals surface area contributed by atoms with E-state index in [4.69, 9.17) is 14.7 Å². The molecule has 2 amide bonds. The van der Waals surface area contributed by atoms with Crippen molar-refractivity contribution in [2.75, 3.05) is 36.9 Å². The lowest BCUT2D eigenvalue weighted by Crippen LogP contribution is -2.49. The largest absolute Gasteiger partial charge is 0.444 e. The standard InChI is InChI=1S/C23H29N9O4/c1-23(2,3)36-22(34)32-6-7-35-16(13-32)11-26-17-8-18(29-19-12-25-15(9-24)10-27-19)30-31-20(17)21(33)28-14-4-5-14/h8,10,12,14,16H,4-7,11,13H2,1-3H3,(H,28,33)(H2,26,27,29,30).